The van der Waals surface area contributed by atoms with Crippen molar-refractivity contribution in [3.63, 3.8) is 0 Å². The van der Waals surface area contributed by atoms with Gasteiger partial charge in [-0.1, -0.05) is 97.1 Å². The lowest BCUT2D eigenvalue weighted by atomic mass is 10.1. The first-order chi connectivity index (χ1) is 14.5. The second kappa shape index (κ2) is 11.6. The smallest absolute Gasteiger partial charge is 0.503 e. The van der Waals surface area contributed by atoms with Crippen LogP contribution in [0, 0.1) is 0 Å². The minimum absolute atomic E-state index is 0.328. The van der Waals surface area contributed by atoms with Crippen LogP contribution in [0.3, 0.4) is 0 Å². The third-order valence-electron chi connectivity index (χ3n) is 3.98. The monoisotopic (exact) mass is 402 g/mol. The number of phenolic OH excluding ortho intramolecular Hbond substituents is 2. The van der Waals surface area contributed by atoms with Crippen molar-refractivity contribution in [2.24, 2.45) is 0 Å². The molecular formula is C25H22O5. The Morgan fingerprint density at radius 3 is 1.03 bits per heavy atom. The molecule has 4 aromatic carbocycles. The highest BCUT2D eigenvalue weighted by molar-refractivity contribution is 5.70. The highest BCUT2D eigenvalue weighted by atomic mass is 16.6. The summed E-state index contributed by atoms with van der Waals surface area (Å²) < 4.78 is 0. The number of hydrogen-bond acceptors (Lipinski definition) is 3. The summed E-state index contributed by atoms with van der Waals surface area (Å²) in [5.41, 5.74) is 3.84. The topological polar surface area (TPSA) is 98.0 Å². The molecule has 0 unspecified atom stereocenters. The molecule has 0 heterocycles. The first-order valence-corrected chi connectivity index (χ1v) is 9.07. The molecule has 152 valence electrons. The highest BCUT2D eigenvalue weighted by Crippen LogP contribution is 2.28. The van der Waals surface area contributed by atoms with Crippen molar-refractivity contribution < 1.29 is 25.2 Å². The zero-order chi connectivity index (χ0) is 21.8. The molecule has 0 aliphatic carbocycles. The third-order valence-corrected chi connectivity index (χ3v) is 3.98. The van der Waals surface area contributed by atoms with Gasteiger partial charge in [-0.25, -0.2) is 4.79 Å². The zero-order valence-electron chi connectivity index (χ0n) is 16.1. The minimum atomic E-state index is -1.83. The van der Waals surface area contributed by atoms with E-state index in [2.05, 4.69) is 0 Å². The van der Waals surface area contributed by atoms with Crippen molar-refractivity contribution in [3.8, 4) is 33.8 Å². The van der Waals surface area contributed by atoms with Gasteiger partial charge in [-0.2, -0.15) is 0 Å². The Morgan fingerprint density at radius 1 is 0.467 bits per heavy atom. The van der Waals surface area contributed by atoms with Crippen LogP contribution in [0.5, 0.6) is 11.5 Å². The normalized spacial score (nSPS) is 9.33. The molecule has 0 radical (unpaired) electrons. The molecule has 0 aliphatic heterocycles. The first kappa shape index (κ1) is 22.0. The van der Waals surface area contributed by atoms with E-state index in [0.717, 1.165) is 22.3 Å². The molecule has 5 heteroatoms. The lowest BCUT2D eigenvalue weighted by molar-refractivity contribution is 0.137. The second-order valence-electron chi connectivity index (χ2n) is 6.05. The summed E-state index contributed by atoms with van der Waals surface area (Å²) in [7, 11) is 0. The molecular weight excluding hydrogens is 380 g/mol. The van der Waals surface area contributed by atoms with Crippen LogP contribution in [0.15, 0.2) is 109 Å². The summed E-state index contributed by atoms with van der Waals surface area (Å²) in [6.07, 6.45) is -1.83. The number of benzene rings is 4. The van der Waals surface area contributed by atoms with Crippen molar-refractivity contribution in [1.29, 1.82) is 0 Å². The van der Waals surface area contributed by atoms with E-state index in [1.807, 2.05) is 97.1 Å². The van der Waals surface area contributed by atoms with Crippen molar-refractivity contribution in [1.82, 2.24) is 0 Å². The maximum atomic E-state index is 9.56. The van der Waals surface area contributed by atoms with E-state index in [0.29, 0.717) is 11.5 Å². The molecule has 0 aliphatic rings. The van der Waals surface area contributed by atoms with E-state index in [4.69, 9.17) is 15.0 Å². The van der Waals surface area contributed by atoms with E-state index in [1.54, 1.807) is 12.1 Å². The number of carboxylic acid groups (broad SMARTS) is 2. The Morgan fingerprint density at radius 2 is 0.733 bits per heavy atom. The summed E-state index contributed by atoms with van der Waals surface area (Å²) in [5, 5.41) is 33.1. The maximum absolute atomic E-state index is 9.56. The van der Waals surface area contributed by atoms with Gasteiger partial charge in [0.25, 0.3) is 0 Å². The number of aromatic hydroxyl groups is 2. The summed E-state index contributed by atoms with van der Waals surface area (Å²) in [4.78, 5) is 8.56. The number of carbonyl (C=O) groups is 1. The molecule has 0 saturated carbocycles. The largest absolute Gasteiger partial charge is 0.507 e. The van der Waals surface area contributed by atoms with Crippen LogP contribution in [-0.4, -0.2) is 26.6 Å². The van der Waals surface area contributed by atoms with Gasteiger partial charge in [0.1, 0.15) is 11.5 Å². The van der Waals surface area contributed by atoms with Crippen LogP contribution >= 0.6 is 0 Å². The lowest BCUT2D eigenvalue weighted by Gasteiger charge is -2.02. The van der Waals surface area contributed by atoms with Crippen LogP contribution < -0.4 is 0 Å². The van der Waals surface area contributed by atoms with Gasteiger partial charge in [-0.15, -0.1) is 0 Å². The van der Waals surface area contributed by atoms with E-state index in [-0.39, 0.29) is 0 Å². The second-order valence-corrected chi connectivity index (χ2v) is 6.05. The average Bonchev–Trinajstić information content (AvgIpc) is 2.76. The Kier molecular flexibility index (Phi) is 8.49. The van der Waals surface area contributed by atoms with E-state index < -0.39 is 6.16 Å². The van der Waals surface area contributed by atoms with Gasteiger partial charge in [0.15, 0.2) is 0 Å². The van der Waals surface area contributed by atoms with Gasteiger partial charge < -0.3 is 20.4 Å². The van der Waals surface area contributed by atoms with Crippen LogP contribution in [0.25, 0.3) is 22.3 Å². The van der Waals surface area contributed by atoms with Crippen LogP contribution in [0.2, 0.25) is 0 Å². The minimum Gasteiger partial charge on any atom is -0.507 e. The number of hydrogen-bond donors (Lipinski definition) is 4. The predicted octanol–water partition coefficient (Wildman–Crippen LogP) is 6.34. The standard InChI is InChI=1S/2C12H10O.CH2O3/c2*13-12-9-5-4-8-11(12)10-6-2-1-3-7-10;2-1(3)4/h2*1-9,13H;(H2,2,3,4). The number of phenols is 2. The summed E-state index contributed by atoms with van der Waals surface area (Å²) >= 11 is 0. The van der Waals surface area contributed by atoms with Gasteiger partial charge in [0, 0.05) is 11.1 Å². The quantitative estimate of drug-likeness (QED) is 0.314. The summed E-state index contributed by atoms with van der Waals surface area (Å²) in [5.74, 6) is 0.655. The number of para-hydroxylation sites is 2. The molecule has 4 N–H and O–H groups in total. The lowest BCUT2D eigenvalue weighted by Crippen LogP contribution is -1.81. The van der Waals surface area contributed by atoms with Crippen molar-refractivity contribution in [2.75, 3.05) is 0 Å². The Bertz CT molecular complexity index is 962. The van der Waals surface area contributed by atoms with Gasteiger partial charge in [-0.3, -0.25) is 0 Å². The van der Waals surface area contributed by atoms with Crippen LogP contribution in [-0.2, 0) is 0 Å². The fraction of sp³-hybridized carbons (Fsp3) is 0. The van der Waals surface area contributed by atoms with Gasteiger partial charge in [-0.05, 0) is 23.3 Å². The highest BCUT2D eigenvalue weighted by Gasteiger charge is 2.01. The SMILES string of the molecule is O=C(O)O.Oc1ccccc1-c1ccccc1.Oc1ccccc1-c1ccccc1. The zero-order valence-corrected chi connectivity index (χ0v) is 16.1. The fourth-order valence-electron chi connectivity index (χ4n) is 2.67. The molecule has 5 nitrogen and oxygen atoms in total. The van der Waals surface area contributed by atoms with Gasteiger partial charge >= 0.3 is 6.16 Å². The molecule has 0 spiro atoms. The molecule has 4 aromatic rings. The Balaban J connectivity index is 0.000000182. The summed E-state index contributed by atoms with van der Waals surface area (Å²) in [6, 6.07) is 34.4. The van der Waals surface area contributed by atoms with E-state index in [9.17, 15) is 10.2 Å². The number of rotatable bonds is 2. The van der Waals surface area contributed by atoms with Gasteiger partial charge in [0.2, 0.25) is 0 Å². The van der Waals surface area contributed by atoms with E-state index >= 15 is 0 Å². The molecule has 0 saturated heterocycles. The molecule has 0 aromatic heterocycles. The molecule has 30 heavy (non-hydrogen) atoms. The van der Waals surface area contributed by atoms with Crippen LogP contribution in [0.1, 0.15) is 0 Å². The first-order valence-electron chi connectivity index (χ1n) is 9.07. The Hall–Kier alpha value is -4.25. The summed E-state index contributed by atoms with van der Waals surface area (Å²) in [6.45, 7) is 0. The van der Waals surface area contributed by atoms with Crippen LogP contribution in [0.4, 0.5) is 4.79 Å². The van der Waals surface area contributed by atoms with E-state index in [1.165, 1.54) is 0 Å². The molecule has 0 atom stereocenters. The fourth-order valence-corrected chi connectivity index (χ4v) is 2.67. The molecule has 0 bridgehead atoms. The molecule has 0 fully saturated rings. The van der Waals surface area contributed by atoms with Crippen molar-refractivity contribution >= 4 is 6.16 Å². The third kappa shape index (κ3) is 7.05. The van der Waals surface area contributed by atoms with Gasteiger partial charge in [0.05, 0.1) is 0 Å². The molecule has 4 rings (SSSR count). The van der Waals surface area contributed by atoms with Crippen molar-refractivity contribution in [3.05, 3.63) is 109 Å². The maximum Gasteiger partial charge on any atom is 0.503 e. The van der Waals surface area contributed by atoms with Crippen molar-refractivity contribution in [2.45, 2.75) is 0 Å². The predicted molar refractivity (Wildman–Crippen MR) is 118 cm³/mol. The molecule has 0 amide bonds. The average molecular weight is 402 g/mol. The Labute approximate surface area is 174 Å².